The van der Waals surface area contributed by atoms with E-state index in [0.29, 0.717) is 6.04 Å². The standard InChI is InChI=1S/C8H15N3S/c1-9-7(6-12-3)8-4-5-10-11(8)2/h4-5,7,9H,6H2,1-3H3. The van der Waals surface area contributed by atoms with E-state index in [0.717, 1.165) is 5.75 Å². The number of hydrogen-bond acceptors (Lipinski definition) is 3. The second-order valence-corrected chi connectivity index (χ2v) is 3.59. The van der Waals surface area contributed by atoms with E-state index in [2.05, 4.69) is 22.7 Å². The Bertz CT molecular complexity index is 234. The van der Waals surface area contributed by atoms with Gasteiger partial charge >= 0.3 is 0 Å². The van der Waals surface area contributed by atoms with Gasteiger partial charge in [0.1, 0.15) is 0 Å². The Labute approximate surface area is 77.5 Å². The minimum atomic E-state index is 0.410. The van der Waals surface area contributed by atoms with Crippen LogP contribution in [-0.4, -0.2) is 28.8 Å². The number of nitrogens with one attached hydrogen (secondary N) is 1. The van der Waals surface area contributed by atoms with Crippen LogP contribution in [0.1, 0.15) is 11.7 Å². The normalized spacial score (nSPS) is 13.2. The van der Waals surface area contributed by atoms with Gasteiger partial charge in [0.25, 0.3) is 0 Å². The minimum absolute atomic E-state index is 0.410. The van der Waals surface area contributed by atoms with Crippen LogP contribution >= 0.6 is 11.8 Å². The molecule has 0 aliphatic carbocycles. The molecule has 0 radical (unpaired) electrons. The molecule has 1 aromatic heterocycles. The summed E-state index contributed by atoms with van der Waals surface area (Å²) in [6.45, 7) is 0. The molecule has 4 heteroatoms. The van der Waals surface area contributed by atoms with Crippen LogP contribution in [0, 0.1) is 0 Å². The number of nitrogens with zero attached hydrogens (tertiary/aromatic N) is 2. The van der Waals surface area contributed by atoms with Gasteiger partial charge in [0.2, 0.25) is 0 Å². The van der Waals surface area contributed by atoms with Gasteiger partial charge in [0, 0.05) is 19.0 Å². The fourth-order valence-electron chi connectivity index (χ4n) is 1.21. The Kier molecular flexibility index (Phi) is 3.62. The van der Waals surface area contributed by atoms with Gasteiger partial charge in [0.05, 0.1) is 11.7 Å². The molecular formula is C8H15N3S. The van der Waals surface area contributed by atoms with Crippen molar-refractivity contribution in [2.75, 3.05) is 19.1 Å². The molecule has 0 aromatic carbocycles. The predicted octanol–water partition coefficient (Wildman–Crippen LogP) is 1.04. The fourth-order valence-corrected chi connectivity index (χ4v) is 1.88. The molecule has 1 rings (SSSR count). The second-order valence-electron chi connectivity index (χ2n) is 2.68. The van der Waals surface area contributed by atoms with Gasteiger partial charge in [0.15, 0.2) is 0 Å². The highest BCUT2D eigenvalue weighted by Crippen LogP contribution is 2.14. The third kappa shape index (κ3) is 2.01. The van der Waals surface area contributed by atoms with Crippen LogP contribution in [0.2, 0.25) is 0 Å². The maximum absolute atomic E-state index is 4.14. The predicted molar refractivity (Wildman–Crippen MR) is 53.4 cm³/mol. The zero-order chi connectivity index (χ0) is 8.97. The topological polar surface area (TPSA) is 29.9 Å². The summed E-state index contributed by atoms with van der Waals surface area (Å²) in [5, 5.41) is 7.40. The van der Waals surface area contributed by atoms with E-state index in [1.54, 1.807) is 0 Å². The zero-order valence-electron chi connectivity index (χ0n) is 7.74. The molecule has 0 fully saturated rings. The Hall–Kier alpha value is -0.480. The molecule has 0 aliphatic heterocycles. The maximum atomic E-state index is 4.14. The lowest BCUT2D eigenvalue weighted by atomic mass is 10.2. The van der Waals surface area contributed by atoms with Crippen molar-refractivity contribution in [2.24, 2.45) is 7.05 Å². The summed E-state index contributed by atoms with van der Waals surface area (Å²) in [6, 6.07) is 2.46. The Morgan fingerprint density at radius 3 is 2.92 bits per heavy atom. The van der Waals surface area contributed by atoms with E-state index in [9.17, 15) is 0 Å². The summed E-state index contributed by atoms with van der Waals surface area (Å²) in [5.74, 6) is 1.08. The zero-order valence-corrected chi connectivity index (χ0v) is 8.56. The molecule has 0 aliphatic rings. The molecule has 1 unspecified atom stereocenters. The van der Waals surface area contributed by atoms with Gasteiger partial charge < -0.3 is 5.32 Å². The molecule has 0 saturated heterocycles. The van der Waals surface area contributed by atoms with Crippen molar-refractivity contribution < 1.29 is 0 Å². The molecule has 0 saturated carbocycles. The van der Waals surface area contributed by atoms with Crippen molar-refractivity contribution >= 4 is 11.8 Å². The number of thioether (sulfide) groups is 1. The van der Waals surface area contributed by atoms with Crippen LogP contribution in [0.4, 0.5) is 0 Å². The second kappa shape index (κ2) is 4.52. The number of rotatable bonds is 4. The number of hydrogen-bond donors (Lipinski definition) is 1. The average Bonchev–Trinajstić information content (AvgIpc) is 2.47. The van der Waals surface area contributed by atoms with Gasteiger partial charge in [-0.1, -0.05) is 0 Å². The highest BCUT2D eigenvalue weighted by Gasteiger charge is 2.10. The van der Waals surface area contributed by atoms with Gasteiger partial charge in [-0.25, -0.2) is 0 Å². The average molecular weight is 185 g/mol. The van der Waals surface area contributed by atoms with Crippen molar-refractivity contribution in [1.29, 1.82) is 0 Å². The highest BCUT2D eigenvalue weighted by molar-refractivity contribution is 7.98. The summed E-state index contributed by atoms with van der Waals surface area (Å²) in [6.07, 6.45) is 3.95. The first-order chi connectivity index (χ1) is 5.79. The van der Waals surface area contributed by atoms with Crippen molar-refractivity contribution in [3.63, 3.8) is 0 Å². The first-order valence-corrected chi connectivity index (χ1v) is 5.33. The first-order valence-electron chi connectivity index (χ1n) is 3.93. The summed E-state index contributed by atoms with van der Waals surface area (Å²) < 4.78 is 1.91. The largest absolute Gasteiger partial charge is 0.311 e. The third-order valence-electron chi connectivity index (χ3n) is 1.90. The number of aryl methyl sites for hydroxylation is 1. The van der Waals surface area contributed by atoms with Crippen LogP contribution in [-0.2, 0) is 7.05 Å². The Balaban J connectivity index is 2.72. The van der Waals surface area contributed by atoms with E-state index in [1.165, 1.54) is 5.69 Å². The lowest BCUT2D eigenvalue weighted by Crippen LogP contribution is -2.21. The van der Waals surface area contributed by atoms with Crippen LogP contribution in [0.25, 0.3) is 0 Å². The van der Waals surface area contributed by atoms with E-state index in [-0.39, 0.29) is 0 Å². The quantitative estimate of drug-likeness (QED) is 0.760. The van der Waals surface area contributed by atoms with E-state index >= 15 is 0 Å². The van der Waals surface area contributed by atoms with Gasteiger partial charge in [-0.05, 0) is 19.4 Å². The molecule has 1 atom stereocenters. The number of aromatic nitrogens is 2. The molecule has 0 bridgehead atoms. The molecule has 0 spiro atoms. The summed E-state index contributed by atoms with van der Waals surface area (Å²) in [5.41, 5.74) is 1.24. The Morgan fingerprint density at radius 1 is 1.75 bits per heavy atom. The summed E-state index contributed by atoms with van der Waals surface area (Å²) >= 11 is 1.84. The van der Waals surface area contributed by atoms with Crippen molar-refractivity contribution in [3.8, 4) is 0 Å². The molecule has 1 aromatic rings. The maximum Gasteiger partial charge on any atom is 0.0581 e. The minimum Gasteiger partial charge on any atom is -0.311 e. The smallest absolute Gasteiger partial charge is 0.0581 e. The van der Waals surface area contributed by atoms with E-state index in [1.807, 2.05) is 36.7 Å². The molecule has 1 heterocycles. The third-order valence-corrected chi connectivity index (χ3v) is 2.56. The van der Waals surface area contributed by atoms with Crippen molar-refractivity contribution in [2.45, 2.75) is 6.04 Å². The molecule has 3 nitrogen and oxygen atoms in total. The van der Waals surface area contributed by atoms with Crippen molar-refractivity contribution in [3.05, 3.63) is 18.0 Å². The fraction of sp³-hybridized carbons (Fsp3) is 0.625. The molecule has 12 heavy (non-hydrogen) atoms. The van der Waals surface area contributed by atoms with Gasteiger partial charge in [-0.3, -0.25) is 4.68 Å². The van der Waals surface area contributed by atoms with E-state index in [4.69, 9.17) is 0 Å². The van der Waals surface area contributed by atoms with Gasteiger partial charge in [-0.2, -0.15) is 16.9 Å². The molecular weight excluding hydrogens is 170 g/mol. The van der Waals surface area contributed by atoms with Gasteiger partial charge in [-0.15, -0.1) is 0 Å². The van der Waals surface area contributed by atoms with Crippen LogP contribution in [0.15, 0.2) is 12.3 Å². The van der Waals surface area contributed by atoms with Crippen molar-refractivity contribution in [1.82, 2.24) is 15.1 Å². The van der Waals surface area contributed by atoms with Crippen LogP contribution in [0.5, 0.6) is 0 Å². The summed E-state index contributed by atoms with van der Waals surface area (Å²) in [7, 11) is 3.95. The molecule has 68 valence electrons. The van der Waals surface area contributed by atoms with E-state index < -0.39 is 0 Å². The Morgan fingerprint density at radius 2 is 2.50 bits per heavy atom. The highest BCUT2D eigenvalue weighted by atomic mass is 32.2. The lowest BCUT2D eigenvalue weighted by molar-refractivity contribution is 0.586. The lowest BCUT2D eigenvalue weighted by Gasteiger charge is -2.14. The molecule has 1 N–H and O–H groups in total. The van der Waals surface area contributed by atoms with Crippen LogP contribution in [0.3, 0.4) is 0 Å². The first kappa shape index (κ1) is 9.61. The monoisotopic (exact) mass is 185 g/mol. The summed E-state index contributed by atoms with van der Waals surface area (Å²) in [4.78, 5) is 0. The van der Waals surface area contributed by atoms with Crippen LogP contribution < -0.4 is 5.32 Å². The SMILES string of the molecule is CNC(CSC)c1ccnn1C. The molecule has 0 amide bonds.